The number of amides is 2. The Hall–Kier alpha value is -2.61. The maximum atomic E-state index is 12.0. The number of urea groups is 1. The lowest BCUT2D eigenvalue weighted by atomic mass is 10.2. The number of hydrogen-bond acceptors (Lipinski definition) is 5. The van der Waals surface area contributed by atoms with Crippen molar-refractivity contribution in [3.05, 3.63) is 36.4 Å². The number of hydrogen-bond donors (Lipinski definition) is 2. The Morgan fingerprint density at radius 2 is 2.19 bits per heavy atom. The van der Waals surface area contributed by atoms with E-state index in [1.807, 2.05) is 28.8 Å². The SMILES string of the molecule is CC(C)n1cnnc1CCNC(=O)Nc1ccc(OCC2CCCO2)cc1. The fourth-order valence-corrected chi connectivity index (χ4v) is 2.94. The number of anilines is 1. The van der Waals surface area contributed by atoms with Crippen molar-refractivity contribution in [2.75, 3.05) is 25.1 Å². The van der Waals surface area contributed by atoms with Crippen LogP contribution in [0.3, 0.4) is 0 Å². The second-order valence-corrected chi connectivity index (χ2v) is 6.85. The minimum atomic E-state index is -0.251. The van der Waals surface area contributed by atoms with Crippen LogP contribution in [0.25, 0.3) is 0 Å². The molecule has 0 spiro atoms. The van der Waals surface area contributed by atoms with Crippen LogP contribution in [-0.2, 0) is 11.2 Å². The molecule has 0 radical (unpaired) electrons. The van der Waals surface area contributed by atoms with Crippen LogP contribution in [0.4, 0.5) is 10.5 Å². The molecule has 1 atom stereocenters. The maximum absolute atomic E-state index is 12.0. The molecule has 2 N–H and O–H groups in total. The highest BCUT2D eigenvalue weighted by atomic mass is 16.5. The second-order valence-electron chi connectivity index (χ2n) is 6.85. The zero-order valence-corrected chi connectivity index (χ0v) is 15.9. The highest BCUT2D eigenvalue weighted by Crippen LogP contribution is 2.18. The summed E-state index contributed by atoms with van der Waals surface area (Å²) in [4.78, 5) is 12.0. The first-order valence-corrected chi connectivity index (χ1v) is 9.39. The van der Waals surface area contributed by atoms with Crippen molar-refractivity contribution < 1.29 is 14.3 Å². The Morgan fingerprint density at radius 3 is 2.89 bits per heavy atom. The van der Waals surface area contributed by atoms with E-state index in [-0.39, 0.29) is 12.1 Å². The minimum absolute atomic E-state index is 0.190. The van der Waals surface area contributed by atoms with E-state index in [9.17, 15) is 4.79 Å². The molecule has 0 saturated carbocycles. The molecule has 146 valence electrons. The van der Waals surface area contributed by atoms with Gasteiger partial charge in [-0.1, -0.05) is 0 Å². The average molecular weight is 373 g/mol. The Balaban J connectivity index is 1.39. The van der Waals surface area contributed by atoms with Crippen LogP contribution in [0.5, 0.6) is 5.75 Å². The molecule has 1 aromatic heterocycles. The molecule has 1 unspecified atom stereocenters. The number of nitrogens with one attached hydrogen (secondary N) is 2. The van der Waals surface area contributed by atoms with Crippen LogP contribution in [-0.4, -0.2) is 46.7 Å². The highest BCUT2D eigenvalue weighted by molar-refractivity contribution is 5.89. The quantitative estimate of drug-likeness (QED) is 0.743. The van der Waals surface area contributed by atoms with E-state index in [0.29, 0.717) is 31.3 Å². The van der Waals surface area contributed by atoms with Crippen LogP contribution in [0, 0.1) is 0 Å². The van der Waals surface area contributed by atoms with Gasteiger partial charge in [0.1, 0.15) is 24.5 Å². The van der Waals surface area contributed by atoms with E-state index in [1.165, 1.54) is 0 Å². The van der Waals surface area contributed by atoms with E-state index < -0.39 is 0 Å². The summed E-state index contributed by atoms with van der Waals surface area (Å²) >= 11 is 0. The van der Waals surface area contributed by atoms with Gasteiger partial charge in [0, 0.05) is 31.3 Å². The predicted molar refractivity (Wildman–Crippen MR) is 102 cm³/mol. The summed E-state index contributed by atoms with van der Waals surface area (Å²) < 4.78 is 13.2. The van der Waals surface area contributed by atoms with E-state index in [4.69, 9.17) is 9.47 Å². The molecular weight excluding hydrogens is 346 g/mol. The molecule has 1 aromatic carbocycles. The minimum Gasteiger partial charge on any atom is -0.491 e. The van der Waals surface area contributed by atoms with Gasteiger partial charge in [-0.05, 0) is 51.0 Å². The summed E-state index contributed by atoms with van der Waals surface area (Å²) in [5, 5.41) is 13.7. The Labute approximate surface area is 159 Å². The third-order valence-electron chi connectivity index (χ3n) is 4.41. The molecule has 8 heteroatoms. The number of benzene rings is 1. The van der Waals surface area contributed by atoms with Crippen molar-refractivity contribution in [1.82, 2.24) is 20.1 Å². The number of rotatable bonds is 8. The Kier molecular flexibility index (Phi) is 6.64. The summed E-state index contributed by atoms with van der Waals surface area (Å²) in [5.41, 5.74) is 0.710. The fraction of sp³-hybridized carbons (Fsp3) is 0.526. The molecule has 1 saturated heterocycles. The first-order valence-electron chi connectivity index (χ1n) is 9.39. The number of nitrogens with zero attached hydrogens (tertiary/aromatic N) is 3. The van der Waals surface area contributed by atoms with Gasteiger partial charge in [0.15, 0.2) is 0 Å². The van der Waals surface area contributed by atoms with Gasteiger partial charge in [-0.2, -0.15) is 0 Å². The molecule has 1 aliphatic heterocycles. The summed E-state index contributed by atoms with van der Waals surface area (Å²) in [5.74, 6) is 1.63. The lowest BCUT2D eigenvalue weighted by Gasteiger charge is -2.12. The van der Waals surface area contributed by atoms with Crippen molar-refractivity contribution in [2.24, 2.45) is 0 Å². The third kappa shape index (κ3) is 5.68. The fourth-order valence-electron chi connectivity index (χ4n) is 2.94. The smallest absolute Gasteiger partial charge is 0.319 e. The molecular formula is C19H27N5O3. The van der Waals surface area contributed by atoms with Crippen molar-refractivity contribution in [3.63, 3.8) is 0 Å². The molecule has 2 amide bonds. The van der Waals surface area contributed by atoms with Gasteiger partial charge >= 0.3 is 6.03 Å². The van der Waals surface area contributed by atoms with Gasteiger partial charge in [-0.15, -0.1) is 10.2 Å². The Morgan fingerprint density at radius 1 is 1.37 bits per heavy atom. The zero-order chi connectivity index (χ0) is 19.1. The van der Waals surface area contributed by atoms with Gasteiger partial charge in [0.25, 0.3) is 0 Å². The van der Waals surface area contributed by atoms with Crippen molar-refractivity contribution in [1.29, 1.82) is 0 Å². The van der Waals surface area contributed by atoms with Gasteiger partial charge in [0.05, 0.1) is 6.10 Å². The average Bonchev–Trinajstić information content (AvgIpc) is 3.33. The van der Waals surface area contributed by atoms with Gasteiger partial charge in [-0.25, -0.2) is 4.79 Å². The van der Waals surface area contributed by atoms with E-state index in [1.54, 1.807) is 6.33 Å². The van der Waals surface area contributed by atoms with Gasteiger partial charge in [-0.3, -0.25) is 0 Å². The molecule has 2 heterocycles. The monoisotopic (exact) mass is 373 g/mol. The summed E-state index contributed by atoms with van der Waals surface area (Å²) in [6, 6.07) is 7.37. The number of carbonyl (C=O) groups is 1. The molecule has 2 aromatic rings. The lowest BCUT2D eigenvalue weighted by molar-refractivity contribution is 0.0679. The summed E-state index contributed by atoms with van der Waals surface area (Å²) in [7, 11) is 0. The number of carbonyl (C=O) groups excluding carboxylic acids is 1. The van der Waals surface area contributed by atoms with Crippen molar-refractivity contribution >= 4 is 11.7 Å². The maximum Gasteiger partial charge on any atom is 0.319 e. The summed E-state index contributed by atoms with van der Waals surface area (Å²) in [6.45, 7) is 6.01. The highest BCUT2D eigenvalue weighted by Gasteiger charge is 2.16. The molecule has 1 fully saturated rings. The first-order chi connectivity index (χ1) is 13.1. The van der Waals surface area contributed by atoms with Crippen LogP contribution in [0.1, 0.15) is 38.6 Å². The molecule has 8 nitrogen and oxygen atoms in total. The van der Waals surface area contributed by atoms with Crippen LogP contribution in [0.15, 0.2) is 30.6 Å². The van der Waals surface area contributed by atoms with E-state index in [2.05, 4.69) is 34.7 Å². The van der Waals surface area contributed by atoms with Gasteiger partial charge < -0.3 is 24.7 Å². The standard InChI is InChI=1S/C19H27N5O3/c1-14(2)24-13-21-23-18(24)9-10-20-19(25)22-15-5-7-16(8-6-15)27-12-17-4-3-11-26-17/h5-8,13-14,17H,3-4,9-12H2,1-2H3,(H2,20,22,25). The number of aromatic nitrogens is 3. The normalized spacial score (nSPS) is 16.5. The van der Waals surface area contributed by atoms with Crippen LogP contribution >= 0.6 is 0 Å². The summed E-state index contributed by atoms with van der Waals surface area (Å²) in [6.07, 6.45) is 4.68. The predicted octanol–water partition coefficient (Wildman–Crippen LogP) is 2.78. The number of ether oxygens (including phenoxy) is 2. The topological polar surface area (TPSA) is 90.3 Å². The van der Waals surface area contributed by atoms with Gasteiger partial charge in [0.2, 0.25) is 0 Å². The van der Waals surface area contributed by atoms with E-state index in [0.717, 1.165) is 31.0 Å². The lowest BCUT2D eigenvalue weighted by Crippen LogP contribution is -2.31. The van der Waals surface area contributed by atoms with Crippen molar-refractivity contribution in [2.45, 2.75) is 45.3 Å². The molecule has 27 heavy (non-hydrogen) atoms. The second kappa shape index (κ2) is 9.36. The molecule has 0 aliphatic carbocycles. The molecule has 3 rings (SSSR count). The third-order valence-corrected chi connectivity index (χ3v) is 4.41. The molecule has 1 aliphatic rings. The van der Waals surface area contributed by atoms with Crippen LogP contribution < -0.4 is 15.4 Å². The van der Waals surface area contributed by atoms with Crippen LogP contribution in [0.2, 0.25) is 0 Å². The molecule has 0 bridgehead atoms. The first kappa shape index (κ1) is 19.2. The Bertz CT molecular complexity index is 723. The van der Waals surface area contributed by atoms with E-state index >= 15 is 0 Å². The van der Waals surface area contributed by atoms with Crippen molar-refractivity contribution in [3.8, 4) is 5.75 Å². The largest absolute Gasteiger partial charge is 0.491 e. The zero-order valence-electron chi connectivity index (χ0n) is 15.9.